The molecule has 3 unspecified atom stereocenters. The molecule has 2 aliphatic carbocycles. The molecule has 2 fully saturated rings. The Hall–Kier alpha value is -1.48. The summed E-state index contributed by atoms with van der Waals surface area (Å²) in [6.45, 7) is 7.05. The fourth-order valence-electron chi connectivity index (χ4n) is 3.32. The molecule has 0 aromatic carbocycles. The van der Waals surface area contributed by atoms with E-state index in [1.807, 2.05) is 13.8 Å². The third kappa shape index (κ3) is 1.20. The van der Waals surface area contributed by atoms with E-state index in [-0.39, 0.29) is 28.8 Å². The molecule has 5 heteroatoms. The lowest BCUT2D eigenvalue weighted by atomic mass is 9.69. The predicted octanol–water partition coefficient (Wildman–Crippen LogP) is 1.22. The zero-order valence-corrected chi connectivity index (χ0v) is 10.5. The SMILES string of the molecule is CC(=O)OC1CC2C(=[N+]=[N-])C(=O)C1(C)C2(C)C. The second-order valence-electron chi connectivity index (χ2n) is 5.62. The number of nitrogens with zero attached hydrogens (tertiary/aromatic N) is 2. The molecule has 2 aliphatic rings. The van der Waals surface area contributed by atoms with Gasteiger partial charge in [0.1, 0.15) is 6.10 Å². The molecule has 5 nitrogen and oxygen atoms in total. The number of Topliss-reactive ketones (excluding diaryl/α,β-unsaturated/α-hetero) is 1. The summed E-state index contributed by atoms with van der Waals surface area (Å²) >= 11 is 0. The van der Waals surface area contributed by atoms with Crippen molar-refractivity contribution >= 4 is 17.5 Å². The maximum atomic E-state index is 12.2. The number of carbonyl (C=O) groups excluding carboxylic acids is 2. The number of ketones is 1. The molecular formula is C12H16N2O3. The monoisotopic (exact) mass is 236 g/mol. The average molecular weight is 236 g/mol. The van der Waals surface area contributed by atoms with Crippen LogP contribution >= 0.6 is 0 Å². The highest BCUT2D eigenvalue weighted by atomic mass is 16.5. The summed E-state index contributed by atoms with van der Waals surface area (Å²) in [5.41, 5.74) is 8.01. The minimum Gasteiger partial charge on any atom is -0.461 e. The molecule has 92 valence electrons. The summed E-state index contributed by atoms with van der Waals surface area (Å²) in [5.74, 6) is -0.725. The van der Waals surface area contributed by atoms with E-state index in [4.69, 9.17) is 10.3 Å². The van der Waals surface area contributed by atoms with Gasteiger partial charge in [-0.3, -0.25) is 9.59 Å². The van der Waals surface area contributed by atoms with Crippen LogP contribution in [0.3, 0.4) is 0 Å². The minimum atomic E-state index is -0.787. The number of rotatable bonds is 1. The first kappa shape index (κ1) is 12.0. The van der Waals surface area contributed by atoms with Crippen LogP contribution < -0.4 is 0 Å². The van der Waals surface area contributed by atoms with Gasteiger partial charge in [-0.15, -0.1) is 0 Å². The van der Waals surface area contributed by atoms with Gasteiger partial charge in [0.2, 0.25) is 5.78 Å². The van der Waals surface area contributed by atoms with E-state index in [0.717, 1.165) is 0 Å². The summed E-state index contributed by atoms with van der Waals surface area (Å²) < 4.78 is 5.25. The molecule has 0 aromatic rings. The van der Waals surface area contributed by atoms with Crippen molar-refractivity contribution in [3.05, 3.63) is 5.53 Å². The van der Waals surface area contributed by atoms with Crippen LogP contribution in [0.1, 0.15) is 34.1 Å². The molecule has 3 atom stereocenters. The van der Waals surface area contributed by atoms with Gasteiger partial charge in [0.15, 0.2) is 0 Å². The largest absolute Gasteiger partial charge is 0.461 e. The van der Waals surface area contributed by atoms with E-state index in [2.05, 4.69) is 4.79 Å². The molecule has 0 aliphatic heterocycles. The van der Waals surface area contributed by atoms with Crippen LogP contribution in [-0.4, -0.2) is 28.4 Å². The van der Waals surface area contributed by atoms with Crippen molar-refractivity contribution in [3.63, 3.8) is 0 Å². The summed E-state index contributed by atoms with van der Waals surface area (Å²) in [6, 6.07) is 0. The molecule has 17 heavy (non-hydrogen) atoms. The Labute approximate surface area is 99.8 Å². The molecule has 0 saturated heterocycles. The van der Waals surface area contributed by atoms with Crippen molar-refractivity contribution in [1.82, 2.24) is 0 Å². The first-order valence-electron chi connectivity index (χ1n) is 5.70. The third-order valence-corrected chi connectivity index (χ3v) is 4.75. The van der Waals surface area contributed by atoms with Crippen LogP contribution in [0, 0.1) is 16.7 Å². The Morgan fingerprint density at radius 1 is 1.47 bits per heavy atom. The second-order valence-corrected chi connectivity index (χ2v) is 5.62. The maximum Gasteiger partial charge on any atom is 0.338 e. The van der Waals surface area contributed by atoms with E-state index >= 15 is 0 Å². The topological polar surface area (TPSA) is 79.8 Å². The van der Waals surface area contributed by atoms with Crippen LogP contribution in [0.5, 0.6) is 0 Å². The molecule has 0 spiro atoms. The number of ether oxygens (including phenoxy) is 1. The summed E-state index contributed by atoms with van der Waals surface area (Å²) in [7, 11) is 0. The highest BCUT2D eigenvalue weighted by Crippen LogP contribution is 2.62. The normalized spacial score (nSPS) is 38.1. The van der Waals surface area contributed by atoms with E-state index < -0.39 is 11.5 Å². The highest BCUT2D eigenvalue weighted by molar-refractivity contribution is 6.43. The van der Waals surface area contributed by atoms with Crippen molar-refractivity contribution in [3.8, 4) is 0 Å². The molecule has 0 radical (unpaired) electrons. The van der Waals surface area contributed by atoms with Gasteiger partial charge in [0, 0.05) is 6.92 Å². The van der Waals surface area contributed by atoms with Crippen LogP contribution in [0.4, 0.5) is 0 Å². The summed E-state index contributed by atoms with van der Waals surface area (Å²) in [6.07, 6.45) is 0.131. The van der Waals surface area contributed by atoms with Crippen molar-refractivity contribution in [2.75, 3.05) is 0 Å². The predicted molar refractivity (Wildman–Crippen MR) is 59.2 cm³/mol. The van der Waals surface area contributed by atoms with Gasteiger partial charge in [0.25, 0.3) is 0 Å². The van der Waals surface area contributed by atoms with Crippen LogP contribution in [-0.2, 0) is 14.3 Å². The number of esters is 1. The fourth-order valence-corrected chi connectivity index (χ4v) is 3.32. The molecule has 2 saturated carbocycles. The number of hydrogen-bond acceptors (Lipinski definition) is 3. The second kappa shape index (κ2) is 3.26. The highest BCUT2D eigenvalue weighted by Gasteiger charge is 2.74. The molecule has 0 aromatic heterocycles. The summed E-state index contributed by atoms with van der Waals surface area (Å²) in [5, 5.41) is 0. The Kier molecular flexibility index (Phi) is 2.30. The van der Waals surface area contributed by atoms with Crippen molar-refractivity contribution in [1.29, 1.82) is 0 Å². The minimum absolute atomic E-state index is 0.144. The molecule has 2 rings (SSSR count). The molecule has 2 bridgehead atoms. The first-order chi connectivity index (χ1) is 7.76. The zero-order chi connectivity index (χ0) is 13.0. The molecule has 0 amide bonds. The van der Waals surface area contributed by atoms with E-state index in [0.29, 0.717) is 6.42 Å². The Balaban J connectivity index is 2.49. The molecule has 0 heterocycles. The van der Waals surface area contributed by atoms with Gasteiger partial charge >= 0.3 is 11.7 Å². The average Bonchev–Trinajstić information content (AvgIpc) is 2.48. The van der Waals surface area contributed by atoms with Gasteiger partial charge in [-0.25, -0.2) is 0 Å². The van der Waals surface area contributed by atoms with Gasteiger partial charge < -0.3 is 10.3 Å². The van der Waals surface area contributed by atoms with Crippen LogP contribution in [0.15, 0.2) is 0 Å². The zero-order valence-electron chi connectivity index (χ0n) is 10.5. The van der Waals surface area contributed by atoms with E-state index in [1.54, 1.807) is 6.92 Å². The molecular weight excluding hydrogens is 220 g/mol. The number of carbonyl (C=O) groups is 2. The van der Waals surface area contributed by atoms with Gasteiger partial charge in [-0.05, 0) is 18.8 Å². The first-order valence-corrected chi connectivity index (χ1v) is 5.70. The lowest BCUT2D eigenvalue weighted by Crippen LogP contribution is -2.45. The summed E-state index contributed by atoms with van der Waals surface area (Å²) in [4.78, 5) is 26.5. The third-order valence-electron chi connectivity index (χ3n) is 4.75. The van der Waals surface area contributed by atoms with Crippen LogP contribution in [0.25, 0.3) is 5.53 Å². The smallest absolute Gasteiger partial charge is 0.338 e. The van der Waals surface area contributed by atoms with E-state index in [1.165, 1.54) is 6.92 Å². The van der Waals surface area contributed by atoms with Crippen molar-refractivity contribution in [2.24, 2.45) is 16.7 Å². The standard InChI is InChI=1S/C12H16N2O3/c1-6(15)17-8-5-7-9(14-13)10(16)12(8,4)11(7,2)3/h7-8H,5H2,1-4H3. The fraction of sp³-hybridized carbons (Fsp3) is 0.750. The Morgan fingerprint density at radius 3 is 2.47 bits per heavy atom. The van der Waals surface area contributed by atoms with Gasteiger partial charge in [0.05, 0.1) is 11.3 Å². The van der Waals surface area contributed by atoms with Gasteiger partial charge in [-0.1, -0.05) is 13.8 Å². The quantitative estimate of drug-likeness (QED) is 0.390. The maximum absolute atomic E-state index is 12.2. The van der Waals surface area contributed by atoms with Crippen molar-refractivity contribution in [2.45, 2.75) is 40.2 Å². The Bertz CT molecular complexity index is 462. The van der Waals surface area contributed by atoms with Gasteiger partial charge in [-0.2, -0.15) is 4.79 Å². The number of fused-ring (bicyclic) bond motifs is 2. The lowest BCUT2D eigenvalue weighted by Gasteiger charge is -2.34. The Morgan fingerprint density at radius 2 is 2.06 bits per heavy atom. The molecule has 0 N–H and O–H groups in total. The lowest BCUT2D eigenvalue weighted by molar-refractivity contribution is -0.157. The van der Waals surface area contributed by atoms with Crippen molar-refractivity contribution < 1.29 is 19.1 Å². The number of hydrogen-bond donors (Lipinski definition) is 0. The van der Waals surface area contributed by atoms with E-state index in [9.17, 15) is 9.59 Å². The van der Waals surface area contributed by atoms with Crippen LogP contribution in [0.2, 0.25) is 0 Å².